The van der Waals surface area contributed by atoms with Crippen molar-refractivity contribution in [2.24, 2.45) is 23.7 Å². The van der Waals surface area contributed by atoms with Crippen LogP contribution < -0.4 is 10.6 Å². The Morgan fingerprint density at radius 3 is 2.07 bits per heavy atom. The summed E-state index contributed by atoms with van der Waals surface area (Å²) in [4.78, 5) is 57.5. The van der Waals surface area contributed by atoms with Crippen LogP contribution in [0.3, 0.4) is 0 Å². The van der Waals surface area contributed by atoms with Gasteiger partial charge in [0.05, 0.1) is 32.0 Å². The summed E-state index contributed by atoms with van der Waals surface area (Å²) >= 11 is 9.94. The van der Waals surface area contributed by atoms with Crippen molar-refractivity contribution < 1.29 is 33.0 Å². The van der Waals surface area contributed by atoms with E-state index in [1.54, 1.807) is 54.6 Å². The highest BCUT2D eigenvalue weighted by molar-refractivity contribution is 9.10. The molecule has 2 N–H and O–H groups in total. The molecule has 0 unspecified atom stereocenters. The number of methoxy groups -OCH3 is 2. The van der Waals surface area contributed by atoms with Crippen molar-refractivity contribution in [3.05, 3.63) is 105 Å². The third kappa shape index (κ3) is 4.29. The number of benzene rings is 3. The van der Waals surface area contributed by atoms with E-state index in [-0.39, 0.29) is 10.6 Å². The lowest BCUT2D eigenvalue weighted by Crippen LogP contribution is -2.61. The summed E-state index contributed by atoms with van der Waals surface area (Å²) in [6.45, 7) is 1.47. The van der Waals surface area contributed by atoms with Gasteiger partial charge in [-0.25, -0.2) is 9.18 Å². The maximum absolute atomic E-state index is 15.4. The molecular weight excluding hydrogens is 655 g/mol. The standard InChI is InChI=1S/C33H29BrClFN2O6/c1-32(30(41)43-2)24-22(27(37-32)21-19(35)10-7-11-20(21)36)28(39)23-25(29(24)40)33(31(42)44-3,17-8-5-4-6-9-17)38-26(23)16-12-14-18(34)15-13-16/h4-15,22-27,37-38H,1-3H3/t22-,23-,24-,25-,26-,27-,32-,33-/m0/s1. The van der Waals surface area contributed by atoms with Crippen LogP contribution in [0.15, 0.2) is 77.3 Å². The SMILES string of the molecule is COC(=O)[C@@]1(C)N[C@@H](c2c(F)cccc2Cl)[C@H]2C(=O)[C@H]3[C@@H](C(=O)[C@H]21)[C@](C(=O)OC)(c1ccccc1)N[C@H]3c1ccc(Br)cc1. The molecule has 44 heavy (non-hydrogen) atoms. The second-order valence-electron chi connectivity index (χ2n) is 11.6. The van der Waals surface area contributed by atoms with Crippen LogP contribution in [0.2, 0.25) is 5.02 Å². The van der Waals surface area contributed by atoms with Crippen molar-refractivity contribution in [1.82, 2.24) is 10.6 Å². The van der Waals surface area contributed by atoms with E-state index in [1.165, 1.54) is 39.3 Å². The molecule has 6 rings (SSSR count). The molecule has 3 aromatic carbocycles. The summed E-state index contributed by atoms with van der Waals surface area (Å²) in [5.74, 6) is -8.05. The van der Waals surface area contributed by atoms with Gasteiger partial charge in [-0.3, -0.25) is 25.0 Å². The summed E-state index contributed by atoms with van der Waals surface area (Å²) < 4.78 is 26.7. The van der Waals surface area contributed by atoms with E-state index in [0.29, 0.717) is 11.1 Å². The number of fused-ring (bicyclic) bond motifs is 2. The summed E-state index contributed by atoms with van der Waals surface area (Å²) in [5.41, 5.74) is -2.46. The minimum atomic E-state index is -1.78. The van der Waals surface area contributed by atoms with E-state index in [4.69, 9.17) is 21.1 Å². The first-order valence-corrected chi connectivity index (χ1v) is 15.2. The van der Waals surface area contributed by atoms with Gasteiger partial charge in [0.1, 0.15) is 22.9 Å². The number of esters is 2. The summed E-state index contributed by atoms with van der Waals surface area (Å²) in [7, 11) is 2.40. The first-order chi connectivity index (χ1) is 21.0. The predicted molar refractivity (Wildman–Crippen MR) is 162 cm³/mol. The van der Waals surface area contributed by atoms with Crippen LogP contribution in [0, 0.1) is 29.5 Å². The molecule has 11 heteroatoms. The second-order valence-corrected chi connectivity index (χ2v) is 12.9. The molecule has 1 saturated carbocycles. The zero-order chi connectivity index (χ0) is 31.6. The van der Waals surface area contributed by atoms with Gasteiger partial charge in [0, 0.05) is 33.1 Å². The Morgan fingerprint density at radius 2 is 1.45 bits per heavy atom. The van der Waals surface area contributed by atoms with Gasteiger partial charge in [0.25, 0.3) is 0 Å². The highest BCUT2D eigenvalue weighted by Crippen LogP contribution is 2.60. The molecule has 2 heterocycles. The van der Waals surface area contributed by atoms with Gasteiger partial charge in [0.2, 0.25) is 0 Å². The van der Waals surface area contributed by atoms with Crippen molar-refractivity contribution in [3.8, 4) is 0 Å². The Bertz CT molecular complexity index is 1650. The Balaban J connectivity index is 1.62. The lowest BCUT2D eigenvalue weighted by molar-refractivity contribution is -0.161. The van der Waals surface area contributed by atoms with Crippen molar-refractivity contribution in [2.45, 2.75) is 30.1 Å². The molecule has 2 saturated heterocycles. The topological polar surface area (TPSA) is 111 Å². The van der Waals surface area contributed by atoms with Gasteiger partial charge in [-0.05, 0) is 42.3 Å². The van der Waals surface area contributed by atoms with Crippen LogP contribution in [-0.2, 0) is 34.2 Å². The van der Waals surface area contributed by atoms with Crippen LogP contribution in [0.4, 0.5) is 4.39 Å². The van der Waals surface area contributed by atoms with Crippen molar-refractivity contribution in [1.29, 1.82) is 0 Å². The van der Waals surface area contributed by atoms with E-state index >= 15 is 14.0 Å². The lowest BCUT2D eigenvalue weighted by atomic mass is 9.56. The number of carbonyl (C=O) groups is 4. The maximum Gasteiger partial charge on any atom is 0.331 e. The fourth-order valence-corrected chi connectivity index (χ4v) is 8.26. The number of hydrogen-bond acceptors (Lipinski definition) is 8. The number of nitrogens with one attached hydrogen (secondary N) is 2. The molecule has 0 bridgehead atoms. The zero-order valence-electron chi connectivity index (χ0n) is 24.0. The fraction of sp³-hybridized carbons (Fsp3) is 0.333. The van der Waals surface area contributed by atoms with Gasteiger partial charge >= 0.3 is 11.9 Å². The van der Waals surface area contributed by atoms with E-state index in [0.717, 1.165) is 4.47 Å². The normalized spacial score (nSPS) is 32.6. The van der Waals surface area contributed by atoms with Crippen molar-refractivity contribution in [2.75, 3.05) is 14.2 Å². The average Bonchev–Trinajstić information content (AvgIpc) is 3.55. The Labute approximate surface area is 266 Å². The molecule has 3 aliphatic rings. The van der Waals surface area contributed by atoms with E-state index in [1.807, 2.05) is 0 Å². The zero-order valence-corrected chi connectivity index (χ0v) is 26.3. The Hall–Kier alpha value is -3.44. The van der Waals surface area contributed by atoms with E-state index in [9.17, 15) is 9.59 Å². The first kappa shape index (κ1) is 30.6. The summed E-state index contributed by atoms with van der Waals surface area (Å²) in [6.07, 6.45) is 0. The minimum Gasteiger partial charge on any atom is -0.468 e. The maximum atomic E-state index is 15.4. The lowest BCUT2D eigenvalue weighted by Gasteiger charge is -2.42. The smallest absolute Gasteiger partial charge is 0.331 e. The number of ketones is 2. The molecule has 3 aromatic rings. The third-order valence-corrected chi connectivity index (χ3v) is 10.4. The molecule has 0 amide bonds. The third-order valence-electron chi connectivity index (χ3n) is 9.52. The Morgan fingerprint density at radius 1 is 0.818 bits per heavy atom. The number of Topliss-reactive ketones (excluding diaryl/α,β-unsaturated/α-hetero) is 2. The van der Waals surface area contributed by atoms with Gasteiger partial charge in [-0.2, -0.15) is 0 Å². The number of carbonyl (C=O) groups excluding carboxylic acids is 4. The highest BCUT2D eigenvalue weighted by Gasteiger charge is 2.74. The van der Waals surface area contributed by atoms with Crippen LogP contribution in [0.5, 0.6) is 0 Å². The number of halogens is 3. The number of ether oxygens (including phenoxy) is 2. The fourth-order valence-electron chi connectivity index (χ4n) is 7.71. The summed E-state index contributed by atoms with van der Waals surface area (Å²) in [6, 6.07) is 18.0. The van der Waals surface area contributed by atoms with Crippen molar-refractivity contribution >= 4 is 51.0 Å². The predicted octanol–water partition coefficient (Wildman–Crippen LogP) is 4.85. The van der Waals surface area contributed by atoms with Crippen LogP contribution in [0.1, 0.15) is 35.7 Å². The number of hydrogen-bond donors (Lipinski definition) is 2. The molecule has 3 fully saturated rings. The van der Waals surface area contributed by atoms with Crippen LogP contribution in [-0.4, -0.2) is 43.3 Å². The van der Waals surface area contributed by atoms with E-state index < -0.39 is 76.2 Å². The molecule has 0 radical (unpaired) electrons. The largest absolute Gasteiger partial charge is 0.468 e. The van der Waals surface area contributed by atoms with Crippen LogP contribution >= 0.6 is 27.5 Å². The molecule has 0 aromatic heterocycles. The quantitative estimate of drug-likeness (QED) is 0.368. The highest BCUT2D eigenvalue weighted by atomic mass is 79.9. The molecule has 1 aliphatic carbocycles. The van der Waals surface area contributed by atoms with E-state index in [2.05, 4.69) is 26.6 Å². The monoisotopic (exact) mass is 682 g/mol. The van der Waals surface area contributed by atoms with Crippen LogP contribution in [0.25, 0.3) is 0 Å². The molecule has 8 nitrogen and oxygen atoms in total. The van der Waals surface area contributed by atoms with Gasteiger partial charge in [0.15, 0.2) is 5.54 Å². The second kappa shape index (κ2) is 11.2. The molecule has 8 atom stereocenters. The Kier molecular flexibility index (Phi) is 7.76. The van der Waals surface area contributed by atoms with Crippen molar-refractivity contribution in [3.63, 3.8) is 0 Å². The molecule has 2 aliphatic heterocycles. The minimum absolute atomic E-state index is 0.0233. The number of rotatable bonds is 5. The summed E-state index contributed by atoms with van der Waals surface area (Å²) in [5, 5.41) is 6.52. The van der Waals surface area contributed by atoms with Gasteiger partial charge in [-0.1, -0.05) is 76.1 Å². The first-order valence-electron chi connectivity index (χ1n) is 14.1. The molecule has 0 spiro atoms. The van der Waals surface area contributed by atoms with Gasteiger partial charge < -0.3 is 9.47 Å². The van der Waals surface area contributed by atoms with Gasteiger partial charge in [-0.15, -0.1) is 0 Å². The molecular formula is C33H29BrClFN2O6. The average molecular weight is 684 g/mol. The molecule has 228 valence electrons.